The van der Waals surface area contributed by atoms with Crippen LogP contribution in [0.5, 0.6) is 11.5 Å². The van der Waals surface area contributed by atoms with E-state index in [9.17, 15) is 9.59 Å². The maximum absolute atomic E-state index is 12.9. The van der Waals surface area contributed by atoms with Crippen LogP contribution in [0.2, 0.25) is 0 Å². The van der Waals surface area contributed by atoms with Gasteiger partial charge in [-0.1, -0.05) is 12.7 Å². The third kappa shape index (κ3) is 5.23. The van der Waals surface area contributed by atoms with Crippen LogP contribution in [0.4, 0.5) is 5.69 Å². The summed E-state index contributed by atoms with van der Waals surface area (Å²) < 4.78 is 11.8. The Balaban J connectivity index is 1.92. The third-order valence-electron chi connectivity index (χ3n) is 4.44. The van der Waals surface area contributed by atoms with Crippen molar-refractivity contribution in [2.24, 2.45) is 4.99 Å². The van der Waals surface area contributed by atoms with Crippen molar-refractivity contribution >= 4 is 56.5 Å². The molecule has 1 aliphatic rings. The van der Waals surface area contributed by atoms with Gasteiger partial charge in [0.05, 0.1) is 27.7 Å². The van der Waals surface area contributed by atoms with Crippen molar-refractivity contribution in [1.82, 2.24) is 4.90 Å². The quantitative estimate of drug-likeness (QED) is 0.376. The molecule has 1 saturated heterocycles. The van der Waals surface area contributed by atoms with Crippen LogP contribution < -0.4 is 9.47 Å². The Morgan fingerprint density at radius 2 is 2.03 bits per heavy atom. The van der Waals surface area contributed by atoms with Crippen molar-refractivity contribution in [3.63, 3.8) is 0 Å². The predicted octanol–water partition coefficient (Wildman–Crippen LogP) is 5.34. The van der Waals surface area contributed by atoms with E-state index in [1.807, 2.05) is 13.0 Å². The van der Waals surface area contributed by atoms with E-state index in [4.69, 9.17) is 14.6 Å². The number of benzene rings is 2. The summed E-state index contributed by atoms with van der Waals surface area (Å²) in [5, 5.41) is 9.57. The SMILES string of the molecule is C=CCOc1c(Br)cc(C=C2SC(=Nc3ccc(C(=O)O)cc3)N(CC)C2=O)cc1OC. The van der Waals surface area contributed by atoms with Crippen molar-refractivity contribution in [3.05, 3.63) is 69.6 Å². The number of hydrogen-bond donors (Lipinski definition) is 1. The zero-order valence-electron chi connectivity index (χ0n) is 17.5. The van der Waals surface area contributed by atoms with Gasteiger partial charge in [0.1, 0.15) is 6.61 Å². The minimum Gasteiger partial charge on any atom is -0.493 e. The van der Waals surface area contributed by atoms with E-state index in [2.05, 4.69) is 27.5 Å². The number of aromatic carboxylic acids is 1. The Bertz CT molecular complexity index is 1110. The van der Waals surface area contributed by atoms with Gasteiger partial charge in [-0.3, -0.25) is 9.69 Å². The molecule has 166 valence electrons. The highest BCUT2D eigenvalue weighted by Gasteiger charge is 2.32. The van der Waals surface area contributed by atoms with Gasteiger partial charge in [-0.15, -0.1) is 0 Å². The van der Waals surface area contributed by atoms with Crippen molar-refractivity contribution in [2.45, 2.75) is 6.92 Å². The lowest BCUT2D eigenvalue weighted by Crippen LogP contribution is -2.28. The zero-order chi connectivity index (χ0) is 23.3. The molecule has 0 saturated carbocycles. The number of amidine groups is 1. The van der Waals surface area contributed by atoms with Crippen molar-refractivity contribution < 1.29 is 24.2 Å². The molecule has 1 N–H and O–H groups in total. The second kappa shape index (κ2) is 10.5. The second-order valence-electron chi connectivity index (χ2n) is 6.54. The minimum absolute atomic E-state index is 0.152. The number of carboxylic acid groups (broad SMARTS) is 1. The molecule has 0 radical (unpaired) electrons. The number of halogens is 1. The van der Waals surface area contributed by atoms with Gasteiger partial charge < -0.3 is 14.6 Å². The van der Waals surface area contributed by atoms with E-state index in [0.717, 1.165) is 5.56 Å². The fourth-order valence-corrected chi connectivity index (χ4v) is 4.55. The number of rotatable bonds is 8. The number of ether oxygens (including phenoxy) is 2. The largest absolute Gasteiger partial charge is 0.493 e. The summed E-state index contributed by atoms with van der Waals surface area (Å²) in [6, 6.07) is 9.83. The maximum Gasteiger partial charge on any atom is 0.335 e. The standard InChI is InChI=1S/C23H21BrN2O5S/c1-4-10-31-20-17(24)11-14(12-18(20)30-3)13-19-21(27)26(5-2)23(32-19)25-16-8-6-15(7-9-16)22(28)29/h4,6-9,11-13H,1,5,10H2,2-3H3,(H,28,29). The molecule has 0 aliphatic carbocycles. The van der Waals surface area contributed by atoms with Gasteiger partial charge in [-0.05, 0) is 82.7 Å². The van der Waals surface area contributed by atoms with Crippen LogP contribution in [0, 0.1) is 0 Å². The molecule has 2 aromatic carbocycles. The number of aliphatic imine (C=N–C) groups is 1. The molecule has 1 amide bonds. The van der Waals surface area contributed by atoms with Gasteiger partial charge in [0.15, 0.2) is 16.7 Å². The van der Waals surface area contributed by atoms with Crippen molar-refractivity contribution in [3.8, 4) is 11.5 Å². The Morgan fingerprint density at radius 1 is 1.31 bits per heavy atom. The van der Waals surface area contributed by atoms with E-state index in [-0.39, 0.29) is 11.5 Å². The van der Waals surface area contributed by atoms with Gasteiger partial charge in [0.2, 0.25) is 0 Å². The Morgan fingerprint density at radius 3 is 2.62 bits per heavy atom. The van der Waals surface area contributed by atoms with Gasteiger partial charge in [-0.2, -0.15) is 0 Å². The number of likely N-dealkylation sites (N-methyl/N-ethyl adjacent to an activating group) is 1. The van der Waals surface area contributed by atoms with Crippen LogP contribution in [-0.2, 0) is 4.79 Å². The van der Waals surface area contributed by atoms with Gasteiger partial charge >= 0.3 is 5.97 Å². The zero-order valence-corrected chi connectivity index (χ0v) is 19.9. The first kappa shape index (κ1) is 23.6. The fraction of sp³-hybridized carbons (Fsp3) is 0.174. The topological polar surface area (TPSA) is 88.4 Å². The van der Waals surface area contributed by atoms with Gasteiger partial charge in [0.25, 0.3) is 5.91 Å². The smallest absolute Gasteiger partial charge is 0.335 e. The Kier molecular flexibility index (Phi) is 7.76. The molecule has 9 heteroatoms. The van der Waals surface area contributed by atoms with E-state index in [1.165, 1.54) is 23.9 Å². The summed E-state index contributed by atoms with van der Waals surface area (Å²) in [7, 11) is 1.55. The molecular formula is C23H21BrN2O5S. The van der Waals surface area contributed by atoms with Crippen LogP contribution in [0.3, 0.4) is 0 Å². The first-order valence-electron chi connectivity index (χ1n) is 9.62. The summed E-state index contributed by atoms with van der Waals surface area (Å²) in [6.45, 7) is 6.31. The van der Waals surface area contributed by atoms with Crippen molar-refractivity contribution in [2.75, 3.05) is 20.3 Å². The molecule has 2 aromatic rings. The fourth-order valence-electron chi connectivity index (χ4n) is 2.92. The van der Waals surface area contributed by atoms with Crippen LogP contribution in [-0.4, -0.2) is 47.3 Å². The van der Waals surface area contributed by atoms with E-state index in [0.29, 0.717) is 44.9 Å². The highest BCUT2D eigenvalue weighted by Crippen LogP contribution is 2.39. The highest BCUT2D eigenvalue weighted by molar-refractivity contribution is 9.10. The van der Waals surface area contributed by atoms with Gasteiger partial charge in [0, 0.05) is 6.54 Å². The molecule has 0 bridgehead atoms. The summed E-state index contributed by atoms with van der Waals surface area (Å²) in [5.41, 5.74) is 1.51. The molecule has 0 atom stereocenters. The number of methoxy groups -OCH3 is 1. The van der Waals surface area contributed by atoms with Gasteiger partial charge in [-0.25, -0.2) is 9.79 Å². The van der Waals surface area contributed by atoms with Crippen LogP contribution in [0.1, 0.15) is 22.8 Å². The molecule has 0 spiro atoms. The average molecular weight is 517 g/mol. The van der Waals surface area contributed by atoms with Crippen LogP contribution in [0.15, 0.2) is 63.4 Å². The Hall–Kier alpha value is -3.04. The lowest BCUT2D eigenvalue weighted by molar-refractivity contribution is -0.122. The predicted molar refractivity (Wildman–Crippen MR) is 130 cm³/mol. The number of carboxylic acids is 1. The Labute approximate surface area is 198 Å². The number of amides is 1. The number of carbonyl (C=O) groups excluding carboxylic acids is 1. The lowest BCUT2D eigenvalue weighted by Gasteiger charge is -2.13. The first-order chi connectivity index (χ1) is 15.4. The van der Waals surface area contributed by atoms with E-state index in [1.54, 1.807) is 42.4 Å². The molecule has 32 heavy (non-hydrogen) atoms. The van der Waals surface area contributed by atoms with Crippen LogP contribution in [0.25, 0.3) is 6.08 Å². The number of thioether (sulfide) groups is 1. The molecular weight excluding hydrogens is 496 g/mol. The van der Waals surface area contributed by atoms with Crippen LogP contribution >= 0.6 is 27.7 Å². The maximum atomic E-state index is 12.9. The lowest BCUT2D eigenvalue weighted by atomic mass is 10.2. The minimum atomic E-state index is -1.00. The summed E-state index contributed by atoms with van der Waals surface area (Å²) in [6.07, 6.45) is 3.42. The first-order valence-corrected chi connectivity index (χ1v) is 11.2. The van der Waals surface area contributed by atoms with Crippen molar-refractivity contribution in [1.29, 1.82) is 0 Å². The highest BCUT2D eigenvalue weighted by atomic mass is 79.9. The second-order valence-corrected chi connectivity index (χ2v) is 8.40. The molecule has 1 fully saturated rings. The summed E-state index contributed by atoms with van der Waals surface area (Å²) >= 11 is 4.75. The molecule has 0 unspecified atom stereocenters. The summed E-state index contributed by atoms with van der Waals surface area (Å²) in [5.74, 6) is -0.0662. The van der Waals surface area contributed by atoms with E-state index >= 15 is 0 Å². The molecule has 1 heterocycles. The number of hydrogen-bond acceptors (Lipinski definition) is 6. The molecule has 0 aromatic heterocycles. The third-order valence-corrected chi connectivity index (χ3v) is 6.03. The number of carbonyl (C=O) groups is 2. The normalized spacial score (nSPS) is 16.0. The summed E-state index contributed by atoms with van der Waals surface area (Å²) in [4.78, 5) is 30.6. The number of nitrogens with zero attached hydrogens (tertiary/aromatic N) is 2. The molecule has 7 nitrogen and oxygen atoms in total. The molecule has 1 aliphatic heterocycles. The average Bonchev–Trinajstić information content (AvgIpc) is 3.06. The van der Waals surface area contributed by atoms with E-state index < -0.39 is 5.97 Å². The molecule has 3 rings (SSSR count). The monoisotopic (exact) mass is 516 g/mol.